The quantitative estimate of drug-likeness (QED) is 0.553. The molecule has 0 radical (unpaired) electrons. The van der Waals surface area contributed by atoms with Crippen molar-refractivity contribution in [3.63, 3.8) is 0 Å². The molecule has 1 spiro atoms. The summed E-state index contributed by atoms with van der Waals surface area (Å²) in [4.78, 5) is 11.6. The van der Waals surface area contributed by atoms with Gasteiger partial charge >= 0.3 is 0 Å². The van der Waals surface area contributed by atoms with Gasteiger partial charge < -0.3 is 20.3 Å². The fourth-order valence-corrected chi connectivity index (χ4v) is 5.69. The lowest BCUT2D eigenvalue weighted by Gasteiger charge is -2.61. The van der Waals surface area contributed by atoms with Crippen molar-refractivity contribution < 1.29 is 4.74 Å². The summed E-state index contributed by atoms with van der Waals surface area (Å²) in [6, 6.07) is 0.495. The average molecular weight is 392 g/mol. The van der Waals surface area contributed by atoms with Gasteiger partial charge in [0, 0.05) is 56.5 Å². The highest BCUT2D eigenvalue weighted by molar-refractivity contribution is 7.13. The minimum Gasteiger partial charge on any atom is -0.378 e. The van der Waals surface area contributed by atoms with Gasteiger partial charge in [0.15, 0.2) is 11.1 Å². The van der Waals surface area contributed by atoms with Gasteiger partial charge in [-0.05, 0) is 39.0 Å². The fraction of sp³-hybridized carbons (Fsp3) is 0.800. The number of hydrogen-bond acceptors (Lipinski definition) is 5. The minimum atomic E-state index is 0.354. The summed E-state index contributed by atoms with van der Waals surface area (Å²) in [5, 5.41) is 10.5. The van der Waals surface area contributed by atoms with E-state index in [4.69, 9.17) is 9.72 Å². The van der Waals surface area contributed by atoms with Gasteiger partial charge in [-0.25, -0.2) is 4.98 Å². The second-order valence-corrected chi connectivity index (χ2v) is 8.86. The normalized spacial score (nSPS) is 26.7. The molecule has 1 aromatic rings. The first kappa shape index (κ1) is 19.0. The fourth-order valence-electron chi connectivity index (χ4n) is 4.77. The highest BCUT2D eigenvalue weighted by Gasteiger charge is 2.59. The van der Waals surface area contributed by atoms with Crippen molar-refractivity contribution in [3.8, 4) is 0 Å². The molecule has 0 bridgehead atoms. The van der Waals surface area contributed by atoms with Crippen LogP contribution in [-0.4, -0.2) is 56.4 Å². The van der Waals surface area contributed by atoms with Crippen molar-refractivity contribution in [3.05, 3.63) is 11.1 Å². The van der Waals surface area contributed by atoms with E-state index in [1.807, 2.05) is 7.05 Å². The third kappa shape index (κ3) is 3.81. The highest BCUT2D eigenvalue weighted by atomic mass is 32.1. The molecule has 0 amide bonds. The molecule has 2 heterocycles. The van der Waals surface area contributed by atoms with Gasteiger partial charge in [0.1, 0.15) is 0 Å². The molecule has 4 rings (SSSR count). The first-order valence-electron chi connectivity index (χ1n) is 10.5. The zero-order valence-corrected chi connectivity index (χ0v) is 17.5. The van der Waals surface area contributed by atoms with Crippen LogP contribution in [0.25, 0.3) is 0 Å². The van der Waals surface area contributed by atoms with Gasteiger partial charge in [-0.2, -0.15) is 0 Å². The van der Waals surface area contributed by atoms with E-state index in [-0.39, 0.29) is 0 Å². The van der Waals surface area contributed by atoms with E-state index in [9.17, 15) is 0 Å². The van der Waals surface area contributed by atoms with Crippen molar-refractivity contribution in [2.24, 2.45) is 10.4 Å². The van der Waals surface area contributed by atoms with E-state index in [0.717, 1.165) is 45.0 Å². The molecule has 6 nitrogen and oxygen atoms in total. The Morgan fingerprint density at radius 1 is 1.37 bits per heavy atom. The Bertz CT molecular complexity index is 651. The smallest absolute Gasteiger partial charge is 0.191 e. The number of hydrogen-bond donors (Lipinski definition) is 2. The molecule has 2 unspecified atom stereocenters. The molecule has 0 aromatic carbocycles. The first-order chi connectivity index (χ1) is 13.2. The molecule has 27 heavy (non-hydrogen) atoms. The molecule has 1 aliphatic heterocycles. The number of thiazole rings is 1. The predicted molar refractivity (Wildman–Crippen MR) is 112 cm³/mol. The monoisotopic (exact) mass is 391 g/mol. The lowest BCUT2D eigenvalue weighted by Crippen LogP contribution is -2.68. The molecule has 3 fully saturated rings. The van der Waals surface area contributed by atoms with Gasteiger partial charge in [-0.15, -0.1) is 11.3 Å². The van der Waals surface area contributed by atoms with Crippen molar-refractivity contribution in [2.45, 2.75) is 64.0 Å². The topological polar surface area (TPSA) is 61.8 Å². The lowest BCUT2D eigenvalue weighted by molar-refractivity contribution is -0.168. The molecular weight excluding hydrogens is 358 g/mol. The Labute approximate surface area is 166 Å². The summed E-state index contributed by atoms with van der Waals surface area (Å²) >= 11 is 1.78. The summed E-state index contributed by atoms with van der Waals surface area (Å²) in [6.45, 7) is 6.10. The summed E-state index contributed by atoms with van der Waals surface area (Å²) in [6.07, 6.45) is 8.95. The summed E-state index contributed by atoms with van der Waals surface area (Å²) in [7, 11) is 1.86. The molecule has 2 atom stereocenters. The van der Waals surface area contributed by atoms with Crippen molar-refractivity contribution >= 4 is 22.4 Å². The Kier molecular flexibility index (Phi) is 5.88. The zero-order chi connectivity index (χ0) is 18.7. The maximum atomic E-state index is 5.95. The van der Waals surface area contributed by atoms with Crippen molar-refractivity contribution in [1.29, 1.82) is 0 Å². The standard InChI is InChI=1S/C20H33N5OS/c1-3-26-17-13-16(20(17)8-6-9-20)24-18(21-2)22-10-7-15-14-27-19(23-15)25-11-4-5-12-25/h14,16-17H,3-13H2,1-2H3,(H2,21,22,24). The highest BCUT2D eigenvalue weighted by Crippen LogP contribution is 2.57. The number of nitrogens with one attached hydrogen (secondary N) is 2. The molecule has 2 saturated carbocycles. The number of anilines is 1. The number of aliphatic imine (C=N–C) groups is 1. The van der Waals surface area contributed by atoms with Gasteiger partial charge in [0.25, 0.3) is 0 Å². The molecule has 2 aliphatic carbocycles. The van der Waals surface area contributed by atoms with Crippen LogP contribution in [0.1, 0.15) is 51.1 Å². The SMILES string of the molecule is CCOC1CC(NC(=NC)NCCc2csc(N3CCCC3)n2)C12CCC2. The van der Waals surface area contributed by atoms with Gasteiger partial charge in [0.05, 0.1) is 11.8 Å². The van der Waals surface area contributed by atoms with E-state index in [0.29, 0.717) is 17.6 Å². The molecule has 1 aromatic heterocycles. The average Bonchev–Trinajstić information content (AvgIpc) is 3.29. The summed E-state index contributed by atoms with van der Waals surface area (Å²) < 4.78 is 5.95. The number of rotatable bonds is 7. The summed E-state index contributed by atoms with van der Waals surface area (Å²) in [5.41, 5.74) is 1.54. The Balaban J connectivity index is 1.23. The number of aromatic nitrogens is 1. The van der Waals surface area contributed by atoms with Crippen LogP contribution in [0.2, 0.25) is 0 Å². The van der Waals surface area contributed by atoms with Crippen LogP contribution >= 0.6 is 11.3 Å². The van der Waals surface area contributed by atoms with Gasteiger partial charge in [-0.1, -0.05) is 6.42 Å². The molecule has 2 N–H and O–H groups in total. The van der Waals surface area contributed by atoms with E-state index >= 15 is 0 Å². The van der Waals surface area contributed by atoms with Crippen LogP contribution in [0.15, 0.2) is 10.4 Å². The second-order valence-electron chi connectivity index (χ2n) is 8.03. The number of guanidine groups is 1. The number of nitrogens with zero attached hydrogens (tertiary/aromatic N) is 3. The largest absolute Gasteiger partial charge is 0.378 e. The lowest BCUT2D eigenvalue weighted by atomic mass is 9.51. The molecular formula is C20H33N5OS. The number of ether oxygens (including phenoxy) is 1. The molecule has 1 saturated heterocycles. The van der Waals surface area contributed by atoms with Crippen LogP contribution in [0.4, 0.5) is 5.13 Å². The van der Waals surface area contributed by atoms with E-state index < -0.39 is 0 Å². The first-order valence-corrected chi connectivity index (χ1v) is 11.4. The Morgan fingerprint density at radius 3 is 2.85 bits per heavy atom. The van der Waals surface area contributed by atoms with E-state index in [1.165, 1.54) is 42.9 Å². The minimum absolute atomic E-state index is 0.354. The van der Waals surface area contributed by atoms with E-state index in [1.54, 1.807) is 11.3 Å². The maximum absolute atomic E-state index is 5.95. The van der Waals surface area contributed by atoms with Crippen LogP contribution in [0.3, 0.4) is 0 Å². The molecule has 3 aliphatic rings. The Hall–Kier alpha value is -1.34. The molecule has 150 valence electrons. The third-order valence-corrected chi connectivity index (χ3v) is 7.51. The predicted octanol–water partition coefficient (Wildman–Crippen LogP) is 2.80. The van der Waals surface area contributed by atoms with Crippen LogP contribution < -0.4 is 15.5 Å². The van der Waals surface area contributed by atoms with Crippen molar-refractivity contribution in [1.82, 2.24) is 15.6 Å². The molecule has 7 heteroatoms. The van der Waals surface area contributed by atoms with Crippen LogP contribution in [0.5, 0.6) is 0 Å². The van der Waals surface area contributed by atoms with Crippen LogP contribution in [-0.2, 0) is 11.2 Å². The third-order valence-electron chi connectivity index (χ3n) is 6.56. The summed E-state index contributed by atoms with van der Waals surface area (Å²) in [5.74, 6) is 0.913. The zero-order valence-electron chi connectivity index (χ0n) is 16.7. The second kappa shape index (κ2) is 8.35. The maximum Gasteiger partial charge on any atom is 0.191 e. The van der Waals surface area contributed by atoms with Crippen LogP contribution in [0, 0.1) is 5.41 Å². The van der Waals surface area contributed by atoms with E-state index in [2.05, 4.69) is 32.8 Å². The van der Waals surface area contributed by atoms with Crippen molar-refractivity contribution in [2.75, 3.05) is 38.2 Å². The van der Waals surface area contributed by atoms with Gasteiger partial charge in [-0.3, -0.25) is 4.99 Å². The van der Waals surface area contributed by atoms with Gasteiger partial charge in [0.2, 0.25) is 0 Å². The Morgan fingerprint density at radius 2 is 2.19 bits per heavy atom.